The van der Waals surface area contributed by atoms with E-state index in [0.717, 1.165) is 89.9 Å². The second kappa shape index (κ2) is 31.1. The summed E-state index contributed by atoms with van der Waals surface area (Å²) in [6, 6.07) is -6.85. The summed E-state index contributed by atoms with van der Waals surface area (Å²) in [5, 5.41) is 45.2. The molecule has 10 amide bonds. The van der Waals surface area contributed by atoms with Gasteiger partial charge in [0.1, 0.15) is 47.6 Å². The first-order valence-corrected chi connectivity index (χ1v) is 36.2. The lowest BCUT2D eigenvalue weighted by atomic mass is 9.82. The highest BCUT2D eigenvalue weighted by Crippen LogP contribution is 2.66. The van der Waals surface area contributed by atoms with Crippen LogP contribution >= 0.6 is 0 Å². The lowest BCUT2D eigenvalue weighted by molar-refractivity contribution is -0.146. The number of amides is 10. The summed E-state index contributed by atoms with van der Waals surface area (Å²) >= 11 is 0. The van der Waals surface area contributed by atoms with Crippen LogP contribution in [0.4, 0.5) is 0 Å². The van der Waals surface area contributed by atoms with E-state index in [-0.39, 0.29) is 81.6 Å². The molecule has 98 heavy (non-hydrogen) atoms. The van der Waals surface area contributed by atoms with Crippen LogP contribution in [0, 0.1) is 57.2 Å². The Morgan fingerprint density at radius 2 is 0.837 bits per heavy atom. The van der Waals surface area contributed by atoms with Gasteiger partial charge in [-0.1, -0.05) is 134 Å². The van der Waals surface area contributed by atoms with Gasteiger partial charge in [-0.05, 0) is 121 Å². The fourth-order valence-electron chi connectivity index (χ4n) is 15.9. The van der Waals surface area contributed by atoms with Crippen molar-refractivity contribution in [2.75, 3.05) is 13.1 Å². The Morgan fingerprint density at radius 3 is 1.13 bits per heavy atom. The van der Waals surface area contributed by atoms with Crippen molar-refractivity contribution in [2.45, 2.75) is 271 Å². The number of aliphatic hydroxyl groups excluding tert-OH is 2. The lowest BCUT2D eigenvalue weighted by Crippen LogP contribution is -2.63. The Labute approximate surface area is 577 Å². The molecule has 6 saturated carbocycles. The van der Waals surface area contributed by atoms with Crippen molar-refractivity contribution in [1.29, 1.82) is 0 Å². The molecule has 8 aliphatic rings. The fourth-order valence-corrected chi connectivity index (χ4v) is 15.9. The van der Waals surface area contributed by atoms with E-state index in [1.807, 2.05) is 55.4 Å². The molecule has 26 nitrogen and oxygen atoms in total. The molecule has 10 rings (SSSR count). The number of nitrogens with zero attached hydrogens (tertiary/aromatic N) is 6. The molecular formula is C72H110N14O12. The highest BCUT2D eigenvalue weighted by atomic mass is 16.3. The maximum atomic E-state index is 14.6. The van der Waals surface area contributed by atoms with Crippen LogP contribution < -0.4 is 42.5 Å². The zero-order valence-electron chi connectivity index (χ0n) is 59.7. The topological polar surface area (TPSA) is 365 Å². The number of aliphatic hydroxyl groups is 2. The number of nitrogens with one attached hydrogen (secondary N) is 8. The Balaban J connectivity index is 0.000000229. The molecule has 14 atom stereocenters. The van der Waals surface area contributed by atoms with Gasteiger partial charge < -0.3 is 62.5 Å². The standard InChI is InChI=1S/2C36H55N7O6/c2*1-7-11-23(28(44)33(48)39-21-14-15-21)40-32(47)27-25-22(36(25,5)6)19-43(27)34(49)29(35(2,3)4)42-31(46)26(20-12-9-8-10-13-20)41-30(45)24-18-37-16-17-38-24/h2*16-18,20-23,25-29,44H,7-15,19H2,1-6H3,(H,39,48)(H,40,47)(H,41,45)(H,42,46)/t2*22-,23-,25-,26-,27-,28?,29+/m00/s1. The van der Waals surface area contributed by atoms with Gasteiger partial charge in [0.05, 0.1) is 24.5 Å². The Bertz CT molecular complexity index is 2980. The number of carbonyl (C=O) groups excluding carboxylic acids is 10. The third kappa shape index (κ3) is 17.7. The van der Waals surface area contributed by atoms with Crippen molar-refractivity contribution in [2.24, 2.45) is 57.2 Å². The van der Waals surface area contributed by atoms with Crippen LogP contribution in [0.15, 0.2) is 37.2 Å². The summed E-state index contributed by atoms with van der Waals surface area (Å²) in [6.07, 6.45) is 20.2. The van der Waals surface area contributed by atoms with Crippen molar-refractivity contribution >= 4 is 59.1 Å². The first kappa shape index (κ1) is 75.0. The van der Waals surface area contributed by atoms with Crippen molar-refractivity contribution in [3.8, 4) is 0 Å². The third-order valence-electron chi connectivity index (χ3n) is 22.3. The van der Waals surface area contributed by atoms with Crippen molar-refractivity contribution in [3.63, 3.8) is 0 Å². The predicted molar refractivity (Wildman–Crippen MR) is 363 cm³/mol. The molecule has 2 aliphatic heterocycles. The molecule has 2 aromatic heterocycles. The smallest absolute Gasteiger partial charge is 0.272 e. The summed E-state index contributed by atoms with van der Waals surface area (Å²) in [7, 11) is 0. The van der Waals surface area contributed by atoms with Gasteiger partial charge in [0, 0.05) is 50.0 Å². The number of hydrogen-bond donors (Lipinski definition) is 10. The minimum Gasteiger partial charge on any atom is -0.381 e. The van der Waals surface area contributed by atoms with E-state index in [2.05, 4.69) is 90.2 Å². The Hall–Kier alpha value is -7.22. The van der Waals surface area contributed by atoms with Crippen molar-refractivity contribution < 1.29 is 58.2 Å². The number of fused-ring (bicyclic) bond motifs is 2. The van der Waals surface area contributed by atoms with Crippen LogP contribution in [-0.4, -0.2) is 185 Å². The van der Waals surface area contributed by atoms with E-state index in [1.54, 1.807) is 9.80 Å². The first-order valence-electron chi connectivity index (χ1n) is 36.2. The van der Waals surface area contributed by atoms with Gasteiger partial charge in [-0.25, -0.2) is 9.97 Å². The molecule has 0 aromatic carbocycles. The first-order chi connectivity index (χ1) is 46.3. The molecule has 26 heteroatoms. The van der Waals surface area contributed by atoms with Crippen LogP contribution in [0.2, 0.25) is 0 Å². The number of aromatic nitrogens is 4. The molecule has 2 aromatic rings. The van der Waals surface area contributed by atoms with Gasteiger partial charge in [-0.15, -0.1) is 0 Å². The van der Waals surface area contributed by atoms with E-state index in [0.29, 0.717) is 38.8 Å². The third-order valence-corrected chi connectivity index (χ3v) is 22.3. The average molecular weight is 1360 g/mol. The maximum Gasteiger partial charge on any atom is 0.272 e. The Kier molecular flexibility index (Phi) is 23.8. The average Bonchev–Trinajstić information content (AvgIpc) is 1.53. The molecule has 10 N–H and O–H groups in total. The maximum absolute atomic E-state index is 14.6. The minimum absolute atomic E-state index is 0.0682. The Morgan fingerprint density at radius 1 is 0.490 bits per heavy atom. The normalized spacial score (nSPS) is 25.6. The molecule has 0 spiro atoms. The molecule has 0 bridgehead atoms. The zero-order chi connectivity index (χ0) is 71.3. The molecule has 6 aliphatic carbocycles. The lowest BCUT2D eigenvalue weighted by Gasteiger charge is -2.39. The van der Waals surface area contributed by atoms with E-state index >= 15 is 0 Å². The van der Waals surface area contributed by atoms with Crippen LogP contribution in [0.3, 0.4) is 0 Å². The van der Waals surface area contributed by atoms with Gasteiger partial charge in [0.2, 0.25) is 35.4 Å². The van der Waals surface area contributed by atoms with Crippen LogP contribution in [-0.2, 0) is 38.4 Å². The second-order valence-corrected chi connectivity index (χ2v) is 32.5. The largest absolute Gasteiger partial charge is 0.381 e. The highest BCUT2D eigenvalue weighted by molar-refractivity contribution is 6.00. The number of carbonyl (C=O) groups is 10. The zero-order valence-corrected chi connectivity index (χ0v) is 59.7. The van der Waals surface area contributed by atoms with E-state index in [1.165, 1.54) is 37.2 Å². The van der Waals surface area contributed by atoms with E-state index < -0.39 is 119 Å². The molecule has 540 valence electrons. The van der Waals surface area contributed by atoms with Gasteiger partial charge in [-0.2, -0.15) is 0 Å². The number of likely N-dealkylation sites (tertiary alicyclic amines) is 2. The molecule has 2 unspecified atom stereocenters. The molecule has 8 fully saturated rings. The van der Waals surface area contributed by atoms with Crippen molar-refractivity contribution in [1.82, 2.24) is 72.3 Å². The number of rotatable bonds is 26. The summed E-state index contributed by atoms with van der Waals surface area (Å²) < 4.78 is 0. The highest BCUT2D eigenvalue weighted by Gasteiger charge is 2.71. The quantitative estimate of drug-likeness (QED) is 0.0631. The number of hydrogen-bond acceptors (Lipinski definition) is 16. The predicted octanol–water partition coefficient (Wildman–Crippen LogP) is 4.19. The molecule has 4 heterocycles. The van der Waals surface area contributed by atoms with Gasteiger partial charge in [0.25, 0.3) is 23.6 Å². The SMILES string of the molecule is CCC[C@H](NC(=O)[C@@H]1[C@@H]2[C@H](CN1C(=O)[C@@H](NC(=O)[C@@H](NC(=O)c1cnccn1)C1CCCCC1)C(C)(C)C)C2(C)C)C(O)C(=O)NC1CC1.CCC[C@H](NC(=O)[C@@H]1[C@@H]2[C@H](CN1C(=O)[C@@H](NC(=O)[C@@H](NC(=O)c1cnccn1)C1CCCCC1)C(C)(C)C)C2(C)C)C(O)C(=O)NC1CC1. The molecule has 0 radical (unpaired) electrons. The number of piperidine rings is 2. The van der Waals surface area contributed by atoms with Crippen LogP contribution in [0.1, 0.15) is 220 Å². The van der Waals surface area contributed by atoms with E-state index in [4.69, 9.17) is 0 Å². The summed E-state index contributed by atoms with van der Waals surface area (Å²) in [5.74, 6) is -4.70. The summed E-state index contributed by atoms with van der Waals surface area (Å²) in [4.78, 5) is 157. The van der Waals surface area contributed by atoms with Crippen LogP contribution in [0.5, 0.6) is 0 Å². The summed E-state index contributed by atoms with van der Waals surface area (Å²) in [6.45, 7) is 24.1. The van der Waals surface area contributed by atoms with Gasteiger partial charge >= 0.3 is 0 Å². The molecule has 2 saturated heterocycles. The van der Waals surface area contributed by atoms with Crippen molar-refractivity contribution in [3.05, 3.63) is 48.6 Å². The monoisotopic (exact) mass is 1360 g/mol. The minimum atomic E-state index is -1.41. The van der Waals surface area contributed by atoms with Gasteiger partial charge in [0.15, 0.2) is 12.2 Å². The van der Waals surface area contributed by atoms with Crippen LogP contribution in [0.25, 0.3) is 0 Å². The molecular weight excluding hydrogens is 1250 g/mol. The summed E-state index contributed by atoms with van der Waals surface area (Å²) in [5.41, 5.74) is -1.60. The second-order valence-electron chi connectivity index (χ2n) is 32.5. The van der Waals surface area contributed by atoms with E-state index in [9.17, 15) is 58.2 Å². The fraction of sp³-hybridized carbons (Fsp3) is 0.750. The van der Waals surface area contributed by atoms with Gasteiger partial charge in [-0.3, -0.25) is 57.9 Å².